The molecule has 0 aromatic heterocycles. The van der Waals surface area contributed by atoms with Gasteiger partial charge in [-0.3, -0.25) is 0 Å². The quantitative estimate of drug-likeness (QED) is 0.895. The van der Waals surface area contributed by atoms with Gasteiger partial charge in [0, 0.05) is 6.07 Å². The van der Waals surface area contributed by atoms with Gasteiger partial charge >= 0.3 is 5.97 Å². The molecule has 0 aliphatic carbocycles. The van der Waals surface area contributed by atoms with E-state index in [4.69, 9.17) is 9.84 Å². The van der Waals surface area contributed by atoms with Gasteiger partial charge in [0.15, 0.2) is 0 Å². The highest BCUT2D eigenvalue weighted by Crippen LogP contribution is 2.26. The molecule has 2 aromatic carbocycles. The second-order valence-corrected chi connectivity index (χ2v) is 4.32. The fourth-order valence-corrected chi connectivity index (χ4v) is 1.81. The van der Waals surface area contributed by atoms with E-state index in [-0.39, 0.29) is 11.3 Å². The number of aromatic carboxylic acids is 1. The molecule has 0 spiro atoms. The number of halogens is 1. The molecular weight excluding hydrogens is 261 g/mol. The van der Waals surface area contributed by atoms with Crippen molar-refractivity contribution in [2.24, 2.45) is 0 Å². The maximum Gasteiger partial charge on any atom is 0.337 e. The topological polar surface area (TPSA) is 58.6 Å². The third-order valence-electron chi connectivity index (χ3n) is 2.85. The molecule has 0 amide bonds. The Morgan fingerprint density at radius 2 is 1.90 bits per heavy atom. The Labute approximate surface area is 115 Å². The Balaban J connectivity index is 2.37. The third kappa shape index (κ3) is 2.88. The lowest BCUT2D eigenvalue weighted by molar-refractivity contribution is 0.0698. The molecule has 0 unspecified atom stereocenters. The van der Waals surface area contributed by atoms with Crippen LogP contribution in [-0.4, -0.2) is 18.2 Å². The van der Waals surface area contributed by atoms with Crippen molar-refractivity contribution in [1.82, 2.24) is 0 Å². The molecule has 2 rings (SSSR count). The largest absolute Gasteiger partial charge is 0.497 e. The lowest BCUT2D eigenvalue weighted by atomic mass is 10.1. The molecule has 2 aromatic rings. The number of hydrogen-bond acceptors (Lipinski definition) is 3. The number of carbonyl (C=O) groups is 1. The summed E-state index contributed by atoms with van der Waals surface area (Å²) in [5, 5.41) is 12.0. The van der Waals surface area contributed by atoms with Gasteiger partial charge in [-0.2, -0.15) is 0 Å². The van der Waals surface area contributed by atoms with Gasteiger partial charge in [0.1, 0.15) is 11.6 Å². The normalized spacial score (nSPS) is 10.2. The number of hydrogen-bond donors (Lipinski definition) is 2. The van der Waals surface area contributed by atoms with Gasteiger partial charge in [-0.1, -0.05) is 11.6 Å². The minimum absolute atomic E-state index is 0.0974. The molecule has 20 heavy (non-hydrogen) atoms. The van der Waals surface area contributed by atoms with Crippen molar-refractivity contribution in [2.45, 2.75) is 6.92 Å². The molecule has 0 saturated carbocycles. The van der Waals surface area contributed by atoms with Crippen molar-refractivity contribution >= 4 is 17.3 Å². The van der Waals surface area contributed by atoms with Crippen molar-refractivity contribution in [2.75, 3.05) is 12.4 Å². The SMILES string of the molecule is COc1ccc(Nc2ccc(C)cc2C(=O)O)c(F)c1. The molecule has 5 heteroatoms. The summed E-state index contributed by atoms with van der Waals surface area (Å²) in [4.78, 5) is 11.2. The van der Waals surface area contributed by atoms with Crippen LogP contribution in [-0.2, 0) is 0 Å². The maximum absolute atomic E-state index is 13.8. The number of carboxylic acids is 1. The minimum atomic E-state index is -1.06. The molecule has 0 saturated heterocycles. The lowest BCUT2D eigenvalue weighted by Crippen LogP contribution is -2.04. The second kappa shape index (κ2) is 5.61. The van der Waals surface area contributed by atoms with Gasteiger partial charge in [-0.05, 0) is 31.2 Å². The standard InChI is InChI=1S/C15H14FNO3/c1-9-3-5-13(11(7-9)15(18)19)17-14-6-4-10(20-2)8-12(14)16/h3-8,17H,1-2H3,(H,18,19). The van der Waals surface area contributed by atoms with E-state index in [0.717, 1.165) is 5.56 Å². The highest BCUT2D eigenvalue weighted by Gasteiger charge is 2.12. The van der Waals surface area contributed by atoms with E-state index in [2.05, 4.69) is 5.32 Å². The van der Waals surface area contributed by atoms with Crippen molar-refractivity contribution in [3.63, 3.8) is 0 Å². The first kappa shape index (κ1) is 13.9. The van der Waals surface area contributed by atoms with E-state index in [1.165, 1.54) is 25.3 Å². The van der Waals surface area contributed by atoms with Crippen LogP contribution in [0.1, 0.15) is 15.9 Å². The summed E-state index contributed by atoms with van der Waals surface area (Å²) in [5.74, 6) is -1.18. The van der Waals surface area contributed by atoms with E-state index in [9.17, 15) is 9.18 Å². The first-order valence-corrected chi connectivity index (χ1v) is 5.96. The highest BCUT2D eigenvalue weighted by molar-refractivity contribution is 5.95. The van der Waals surface area contributed by atoms with Crippen LogP contribution in [0.15, 0.2) is 36.4 Å². The molecule has 104 valence electrons. The predicted molar refractivity (Wildman–Crippen MR) is 74.4 cm³/mol. The molecule has 2 N–H and O–H groups in total. The van der Waals surface area contributed by atoms with Crippen LogP contribution < -0.4 is 10.1 Å². The molecule has 0 aliphatic rings. The molecule has 0 fully saturated rings. The van der Waals surface area contributed by atoms with Crippen LogP contribution in [0.5, 0.6) is 5.75 Å². The van der Waals surface area contributed by atoms with Crippen molar-refractivity contribution in [3.8, 4) is 5.75 Å². The number of carboxylic acid groups (broad SMARTS) is 1. The number of benzene rings is 2. The zero-order chi connectivity index (χ0) is 14.7. The van der Waals surface area contributed by atoms with Crippen molar-refractivity contribution in [1.29, 1.82) is 0 Å². The Morgan fingerprint density at radius 1 is 1.20 bits per heavy atom. The average Bonchev–Trinajstić information content (AvgIpc) is 2.42. The van der Waals surface area contributed by atoms with Crippen LogP contribution in [0, 0.1) is 12.7 Å². The fraction of sp³-hybridized carbons (Fsp3) is 0.133. The number of methoxy groups -OCH3 is 1. The first-order valence-electron chi connectivity index (χ1n) is 5.96. The number of anilines is 2. The third-order valence-corrected chi connectivity index (χ3v) is 2.85. The van der Waals surface area contributed by atoms with Crippen LogP contribution in [0.4, 0.5) is 15.8 Å². The van der Waals surface area contributed by atoms with Crippen LogP contribution in [0.3, 0.4) is 0 Å². The molecule has 0 atom stereocenters. The Bertz CT molecular complexity index is 656. The summed E-state index contributed by atoms with van der Waals surface area (Å²) < 4.78 is 18.8. The van der Waals surface area contributed by atoms with E-state index in [1.807, 2.05) is 0 Å². The minimum Gasteiger partial charge on any atom is -0.497 e. The zero-order valence-electron chi connectivity index (χ0n) is 11.1. The second-order valence-electron chi connectivity index (χ2n) is 4.32. The van der Waals surface area contributed by atoms with E-state index >= 15 is 0 Å². The molecule has 0 bridgehead atoms. The van der Waals surface area contributed by atoms with E-state index in [1.54, 1.807) is 25.1 Å². The summed E-state index contributed by atoms with van der Waals surface area (Å²) >= 11 is 0. The monoisotopic (exact) mass is 275 g/mol. The average molecular weight is 275 g/mol. The molecule has 0 heterocycles. The van der Waals surface area contributed by atoms with E-state index in [0.29, 0.717) is 11.4 Å². The zero-order valence-corrected chi connectivity index (χ0v) is 11.1. The number of ether oxygens (including phenoxy) is 1. The summed E-state index contributed by atoms with van der Waals surface area (Å²) in [7, 11) is 1.45. The Morgan fingerprint density at radius 3 is 2.50 bits per heavy atom. The lowest BCUT2D eigenvalue weighted by Gasteiger charge is -2.12. The summed E-state index contributed by atoms with van der Waals surface area (Å²) in [6, 6.07) is 9.24. The smallest absolute Gasteiger partial charge is 0.337 e. The molecular formula is C15H14FNO3. The molecule has 4 nitrogen and oxygen atoms in total. The summed E-state index contributed by atoms with van der Waals surface area (Å²) in [5.41, 5.74) is 1.45. The van der Waals surface area contributed by atoms with Gasteiger partial charge in [0.25, 0.3) is 0 Å². The fourth-order valence-electron chi connectivity index (χ4n) is 1.81. The summed E-state index contributed by atoms with van der Waals surface area (Å²) in [6.07, 6.45) is 0. The number of rotatable bonds is 4. The molecule has 0 aliphatic heterocycles. The Kier molecular flexibility index (Phi) is 3.89. The van der Waals surface area contributed by atoms with E-state index < -0.39 is 11.8 Å². The first-order chi connectivity index (χ1) is 9.51. The van der Waals surface area contributed by atoms with Gasteiger partial charge in [0.05, 0.1) is 24.0 Å². The highest BCUT2D eigenvalue weighted by atomic mass is 19.1. The van der Waals surface area contributed by atoms with Crippen LogP contribution >= 0.6 is 0 Å². The van der Waals surface area contributed by atoms with Crippen LogP contribution in [0.25, 0.3) is 0 Å². The van der Waals surface area contributed by atoms with Crippen molar-refractivity contribution < 1.29 is 19.0 Å². The summed E-state index contributed by atoms with van der Waals surface area (Å²) in [6.45, 7) is 1.80. The van der Waals surface area contributed by atoms with Gasteiger partial charge < -0.3 is 15.2 Å². The van der Waals surface area contributed by atoms with Gasteiger partial charge in [-0.15, -0.1) is 0 Å². The van der Waals surface area contributed by atoms with Gasteiger partial charge in [-0.25, -0.2) is 9.18 Å². The number of aryl methyl sites for hydroxylation is 1. The van der Waals surface area contributed by atoms with Gasteiger partial charge in [0.2, 0.25) is 0 Å². The Hall–Kier alpha value is -2.56. The van der Waals surface area contributed by atoms with Crippen LogP contribution in [0.2, 0.25) is 0 Å². The molecule has 0 radical (unpaired) electrons. The maximum atomic E-state index is 13.8. The predicted octanol–water partition coefficient (Wildman–Crippen LogP) is 3.58. The van der Waals surface area contributed by atoms with Crippen molar-refractivity contribution in [3.05, 3.63) is 53.3 Å². The number of nitrogens with one attached hydrogen (secondary N) is 1.